The number of rotatable bonds is 4. The van der Waals surface area contributed by atoms with E-state index in [4.69, 9.17) is 4.74 Å². The van der Waals surface area contributed by atoms with Gasteiger partial charge in [-0.05, 0) is 61.2 Å². The van der Waals surface area contributed by atoms with Gasteiger partial charge in [-0.2, -0.15) is 0 Å². The summed E-state index contributed by atoms with van der Waals surface area (Å²) < 4.78 is 28.8. The SMILES string of the molecule is COc1cccc(C(=O)N2CCCC(NC(=O)N3CCc4cc(S(C)(=O)=O)ccc43)C2)c1. The number of ether oxygens (including phenoxy) is 1. The number of benzene rings is 2. The highest BCUT2D eigenvalue weighted by molar-refractivity contribution is 7.90. The zero-order valence-corrected chi connectivity index (χ0v) is 19.0. The second-order valence-corrected chi connectivity index (χ2v) is 10.3. The molecule has 170 valence electrons. The molecule has 3 amide bonds. The van der Waals surface area contributed by atoms with Gasteiger partial charge in [-0.3, -0.25) is 9.69 Å². The van der Waals surface area contributed by atoms with Crippen LogP contribution in [0, 0.1) is 0 Å². The van der Waals surface area contributed by atoms with E-state index in [1.807, 2.05) is 0 Å². The molecule has 32 heavy (non-hydrogen) atoms. The Hall–Kier alpha value is -3.07. The van der Waals surface area contributed by atoms with Crippen LogP contribution in [0.2, 0.25) is 0 Å². The number of carbonyl (C=O) groups is 2. The van der Waals surface area contributed by atoms with Crippen LogP contribution in [-0.2, 0) is 16.3 Å². The third-order valence-electron chi connectivity index (χ3n) is 5.97. The minimum Gasteiger partial charge on any atom is -0.497 e. The molecule has 1 N–H and O–H groups in total. The van der Waals surface area contributed by atoms with Crippen LogP contribution in [0.1, 0.15) is 28.8 Å². The average Bonchev–Trinajstić information content (AvgIpc) is 3.22. The van der Waals surface area contributed by atoms with Gasteiger partial charge in [0.15, 0.2) is 9.84 Å². The standard InChI is InChI=1S/C23H27N3O5S/c1-31-19-7-3-5-17(13-19)22(27)25-11-4-6-18(15-25)24-23(28)26-12-10-16-14-20(32(2,29)30)8-9-21(16)26/h3,5,7-9,13-14,18H,4,6,10-12,15H2,1-2H3,(H,24,28). The van der Waals surface area contributed by atoms with Crippen molar-refractivity contribution >= 4 is 27.5 Å². The number of hydrogen-bond acceptors (Lipinski definition) is 5. The molecule has 0 radical (unpaired) electrons. The second kappa shape index (κ2) is 8.82. The number of anilines is 1. The lowest BCUT2D eigenvalue weighted by atomic mass is 10.0. The van der Waals surface area contributed by atoms with Crippen molar-refractivity contribution in [2.75, 3.05) is 37.9 Å². The lowest BCUT2D eigenvalue weighted by Gasteiger charge is -2.34. The van der Waals surface area contributed by atoms with Crippen LogP contribution in [0.3, 0.4) is 0 Å². The summed E-state index contributed by atoms with van der Waals surface area (Å²) in [5.41, 5.74) is 2.14. The summed E-state index contributed by atoms with van der Waals surface area (Å²) in [7, 11) is -1.73. The highest BCUT2D eigenvalue weighted by atomic mass is 32.2. The molecule has 9 heteroatoms. The van der Waals surface area contributed by atoms with Crippen LogP contribution >= 0.6 is 0 Å². The molecule has 2 heterocycles. The third-order valence-corrected chi connectivity index (χ3v) is 7.08. The topological polar surface area (TPSA) is 96.0 Å². The number of sulfone groups is 1. The van der Waals surface area contributed by atoms with E-state index in [1.54, 1.807) is 53.3 Å². The van der Waals surface area contributed by atoms with Gasteiger partial charge in [0.25, 0.3) is 5.91 Å². The van der Waals surface area contributed by atoms with Crippen LogP contribution in [0.5, 0.6) is 5.75 Å². The highest BCUT2D eigenvalue weighted by Crippen LogP contribution is 2.30. The summed E-state index contributed by atoms with van der Waals surface area (Å²) in [4.78, 5) is 29.6. The Morgan fingerprint density at radius 2 is 1.94 bits per heavy atom. The van der Waals surface area contributed by atoms with E-state index in [9.17, 15) is 18.0 Å². The molecular formula is C23H27N3O5S. The van der Waals surface area contributed by atoms with Gasteiger partial charge in [-0.1, -0.05) is 6.07 Å². The van der Waals surface area contributed by atoms with E-state index >= 15 is 0 Å². The molecule has 2 aliphatic rings. The largest absolute Gasteiger partial charge is 0.497 e. The van der Waals surface area contributed by atoms with E-state index in [2.05, 4.69) is 5.32 Å². The number of urea groups is 1. The Morgan fingerprint density at radius 3 is 2.69 bits per heavy atom. The number of hydrogen-bond donors (Lipinski definition) is 1. The normalized spacial score (nSPS) is 18.2. The maximum atomic E-state index is 13.0. The minimum absolute atomic E-state index is 0.0809. The molecule has 8 nitrogen and oxygen atoms in total. The van der Waals surface area contributed by atoms with Crippen molar-refractivity contribution in [3.63, 3.8) is 0 Å². The number of fused-ring (bicyclic) bond motifs is 1. The van der Waals surface area contributed by atoms with Crippen LogP contribution in [0.4, 0.5) is 10.5 Å². The van der Waals surface area contributed by atoms with Crippen molar-refractivity contribution < 1.29 is 22.7 Å². The number of carbonyl (C=O) groups excluding carboxylic acids is 2. The number of nitrogens with zero attached hydrogens (tertiary/aromatic N) is 2. The van der Waals surface area contributed by atoms with Crippen LogP contribution in [0.25, 0.3) is 0 Å². The molecule has 0 aromatic heterocycles. The Morgan fingerprint density at radius 1 is 1.12 bits per heavy atom. The molecule has 0 aliphatic carbocycles. The van der Waals surface area contributed by atoms with Gasteiger partial charge >= 0.3 is 6.03 Å². The third kappa shape index (κ3) is 4.57. The number of piperidine rings is 1. The van der Waals surface area contributed by atoms with Crippen molar-refractivity contribution in [3.05, 3.63) is 53.6 Å². The predicted octanol–water partition coefficient (Wildman–Crippen LogP) is 2.48. The van der Waals surface area contributed by atoms with Gasteiger partial charge in [0, 0.05) is 43.2 Å². The van der Waals surface area contributed by atoms with Crippen LogP contribution in [0.15, 0.2) is 47.4 Å². The lowest BCUT2D eigenvalue weighted by Crippen LogP contribution is -2.52. The zero-order valence-electron chi connectivity index (χ0n) is 18.2. The second-order valence-electron chi connectivity index (χ2n) is 8.24. The van der Waals surface area contributed by atoms with Gasteiger partial charge in [-0.25, -0.2) is 13.2 Å². The molecule has 0 bridgehead atoms. The van der Waals surface area contributed by atoms with Crippen LogP contribution < -0.4 is 15.0 Å². The fourth-order valence-corrected chi connectivity index (χ4v) is 4.96. The molecule has 1 fully saturated rings. The lowest BCUT2D eigenvalue weighted by molar-refractivity contribution is 0.0698. The number of likely N-dealkylation sites (tertiary alicyclic amines) is 1. The monoisotopic (exact) mass is 457 g/mol. The van der Waals surface area contributed by atoms with Crippen LogP contribution in [-0.4, -0.2) is 64.3 Å². The van der Waals surface area contributed by atoms with Gasteiger partial charge in [-0.15, -0.1) is 0 Å². The summed E-state index contributed by atoms with van der Waals surface area (Å²) >= 11 is 0. The molecule has 0 spiro atoms. The Kier molecular flexibility index (Phi) is 6.10. The maximum absolute atomic E-state index is 13.0. The Balaban J connectivity index is 1.42. The number of methoxy groups -OCH3 is 1. The molecule has 0 saturated carbocycles. The number of amides is 3. The van der Waals surface area contributed by atoms with E-state index in [-0.39, 0.29) is 22.9 Å². The number of nitrogens with one attached hydrogen (secondary N) is 1. The van der Waals surface area contributed by atoms with Gasteiger partial charge in [0.1, 0.15) is 5.75 Å². The Labute approximate surface area is 188 Å². The molecular weight excluding hydrogens is 430 g/mol. The summed E-state index contributed by atoms with van der Waals surface area (Å²) in [5, 5.41) is 3.06. The van der Waals surface area contributed by atoms with Crippen molar-refractivity contribution in [1.82, 2.24) is 10.2 Å². The first kappa shape index (κ1) is 22.1. The van der Waals surface area contributed by atoms with Crippen molar-refractivity contribution in [2.24, 2.45) is 0 Å². The summed E-state index contributed by atoms with van der Waals surface area (Å²) in [6.45, 7) is 1.58. The molecule has 1 atom stereocenters. The summed E-state index contributed by atoms with van der Waals surface area (Å²) in [6, 6.07) is 11.6. The highest BCUT2D eigenvalue weighted by Gasteiger charge is 2.30. The quantitative estimate of drug-likeness (QED) is 0.761. The van der Waals surface area contributed by atoms with Gasteiger partial charge in [0.2, 0.25) is 0 Å². The van der Waals surface area contributed by atoms with E-state index < -0.39 is 9.84 Å². The zero-order chi connectivity index (χ0) is 22.9. The van der Waals surface area contributed by atoms with Crippen molar-refractivity contribution in [1.29, 1.82) is 0 Å². The van der Waals surface area contributed by atoms with Gasteiger partial charge < -0.3 is 15.0 Å². The summed E-state index contributed by atoms with van der Waals surface area (Å²) in [5.74, 6) is 0.548. The maximum Gasteiger partial charge on any atom is 0.322 e. The first-order valence-electron chi connectivity index (χ1n) is 10.6. The van der Waals surface area contributed by atoms with E-state index in [0.717, 1.165) is 24.1 Å². The van der Waals surface area contributed by atoms with E-state index in [0.29, 0.717) is 37.4 Å². The first-order chi connectivity index (χ1) is 15.3. The fraction of sp³-hybridized carbons (Fsp3) is 0.391. The first-order valence-corrected chi connectivity index (χ1v) is 12.5. The van der Waals surface area contributed by atoms with Gasteiger partial charge in [0.05, 0.1) is 12.0 Å². The Bertz CT molecular complexity index is 1150. The smallest absolute Gasteiger partial charge is 0.322 e. The van der Waals surface area contributed by atoms with Crippen molar-refractivity contribution in [2.45, 2.75) is 30.2 Å². The molecule has 4 rings (SSSR count). The molecule has 1 unspecified atom stereocenters. The average molecular weight is 458 g/mol. The van der Waals surface area contributed by atoms with E-state index in [1.165, 1.54) is 12.3 Å². The molecule has 2 aromatic carbocycles. The molecule has 2 aromatic rings. The molecule has 2 aliphatic heterocycles. The fourth-order valence-electron chi connectivity index (χ4n) is 4.29. The van der Waals surface area contributed by atoms with Crippen molar-refractivity contribution in [3.8, 4) is 5.75 Å². The predicted molar refractivity (Wildman–Crippen MR) is 121 cm³/mol. The minimum atomic E-state index is -3.29. The summed E-state index contributed by atoms with van der Waals surface area (Å²) in [6.07, 6.45) is 3.38. The molecule has 1 saturated heterocycles.